The lowest BCUT2D eigenvalue weighted by molar-refractivity contribution is -0.154. The average molecular weight is 630 g/mol. The van der Waals surface area contributed by atoms with Crippen molar-refractivity contribution in [1.82, 2.24) is 14.9 Å². The second-order valence-electron chi connectivity index (χ2n) is 11.5. The van der Waals surface area contributed by atoms with E-state index in [9.17, 15) is 18.0 Å². The molecule has 0 unspecified atom stereocenters. The third kappa shape index (κ3) is 7.38. The minimum absolute atomic E-state index is 0.00609. The Morgan fingerprint density at radius 2 is 1.91 bits per heavy atom. The molecule has 0 spiro atoms. The molecule has 2 aliphatic heterocycles. The molecule has 0 bridgehead atoms. The average Bonchev–Trinajstić information content (AvgIpc) is 3.31. The van der Waals surface area contributed by atoms with E-state index in [1.54, 1.807) is 18.2 Å². The van der Waals surface area contributed by atoms with Gasteiger partial charge in [0.1, 0.15) is 21.8 Å². The monoisotopic (exact) mass is 629 g/mol. The maximum Gasteiger partial charge on any atom is 0.329 e. The number of nitrogens with zero attached hydrogens (tertiary/aromatic N) is 4. The van der Waals surface area contributed by atoms with E-state index >= 15 is 0 Å². The van der Waals surface area contributed by atoms with E-state index in [1.807, 2.05) is 25.1 Å². The zero-order chi connectivity index (χ0) is 30.7. The maximum absolute atomic E-state index is 12.9. The number of thiazole rings is 1. The Kier molecular flexibility index (Phi) is 9.40. The van der Waals surface area contributed by atoms with Gasteiger partial charge in [-0.05, 0) is 67.2 Å². The van der Waals surface area contributed by atoms with Crippen molar-refractivity contribution in [3.05, 3.63) is 36.2 Å². The van der Waals surface area contributed by atoms with Gasteiger partial charge in [0.05, 0.1) is 19.9 Å². The Morgan fingerprint density at radius 1 is 1.16 bits per heavy atom. The summed E-state index contributed by atoms with van der Waals surface area (Å²) in [5.74, 6) is 1.12. The van der Waals surface area contributed by atoms with Crippen LogP contribution < -0.4 is 15.4 Å². The summed E-state index contributed by atoms with van der Waals surface area (Å²) in [7, 11) is -1.50. The van der Waals surface area contributed by atoms with Gasteiger partial charge in [-0.3, -0.25) is 4.79 Å². The fourth-order valence-electron chi connectivity index (χ4n) is 5.37. The molecule has 4 heterocycles. The van der Waals surface area contributed by atoms with Gasteiger partial charge >= 0.3 is 5.97 Å². The smallest absolute Gasteiger partial charge is 0.329 e. The van der Waals surface area contributed by atoms with E-state index in [2.05, 4.69) is 14.9 Å². The van der Waals surface area contributed by atoms with Gasteiger partial charge < -0.3 is 25.0 Å². The minimum Gasteiger partial charge on any atom is -0.496 e. The van der Waals surface area contributed by atoms with E-state index in [4.69, 9.17) is 15.2 Å². The summed E-state index contributed by atoms with van der Waals surface area (Å²) in [4.78, 5) is 37.7. The number of nitrogen functional groups attached to an aromatic ring is 1. The molecule has 2 atom stereocenters. The Balaban J connectivity index is 0.000000220. The lowest BCUT2D eigenvalue weighted by Gasteiger charge is -2.27. The quantitative estimate of drug-likeness (QED) is 0.348. The van der Waals surface area contributed by atoms with Crippen LogP contribution in [-0.4, -0.2) is 80.8 Å². The lowest BCUT2D eigenvalue weighted by Crippen LogP contribution is -2.45. The molecule has 1 aliphatic carbocycles. The van der Waals surface area contributed by atoms with Crippen LogP contribution in [0.5, 0.6) is 5.75 Å². The van der Waals surface area contributed by atoms with Crippen LogP contribution in [0.2, 0.25) is 0 Å². The molecule has 3 aliphatic rings. The van der Waals surface area contributed by atoms with E-state index < -0.39 is 15.9 Å². The predicted octanol–water partition coefficient (Wildman–Crippen LogP) is 3.71. The molecule has 6 rings (SSSR count). The predicted molar refractivity (Wildman–Crippen MR) is 166 cm³/mol. The molecule has 232 valence electrons. The Morgan fingerprint density at radius 3 is 2.51 bits per heavy atom. The number of carbonyl (C=O) groups excluding carboxylic acids is 2. The first kappa shape index (κ1) is 31.0. The SMILES string of the molecule is COc1cc2c(N)nccc2cc1C[C@H](C(=O)OCC1CC1)N1CC[C@H](C)C1=O.CS(=O)(=O)c1cnc(N2CCCC2)s1. The Labute approximate surface area is 256 Å². The molecule has 1 amide bonds. The summed E-state index contributed by atoms with van der Waals surface area (Å²) in [6, 6.07) is 5.01. The van der Waals surface area contributed by atoms with E-state index in [-0.39, 0.29) is 17.8 Å². The molecule has 3 aromatic rings. The standard InChI is InChI=1S/C22H27N3O4.C8H12N2O2S2/c1-13-6-8-25(21(13)26)18(22(27)29-12-14-3-4-14)10-16-9-15-5-7-24-20(23)17(15)11-19(16)28-2;1-14(11,12)7-6-9-8(13-7)10-4-2-3-5-10/h5,7,9,11,13-14,18H,3-4,6,8,10,12H2,1-2H3,(H2,23,24);6H,2-5H2,1H3/t13-,18+;/m0./s1. The van der Waals surface area contributed by atoms with Crippen LogP contribution in [-0.2, 0) is 30.6 Å². The molecule has 1 aromatic carbocycles. The number of rotatable bonds is 9. The third-order valence-electron chi connectivity index (χ3n) is 8.14. The number of hydrogen-bond donors (Lipinski definition) is 1. The summed E-state index contributed by atoms with van der Waals surface area (Å²) >= 11 is 1.26. The largest absolute Gasteiger partial charge is 0.496 e. The van der Waals surface area contributed by atoms with Gasteiger partial charge in [-0.25, -0.2) is 23.2 Å². The van der Waals surface area contributed by atoms with E-state index in [0.29, 0.717) is 41.3 Å². The number of nitrogens with two attached hydrogens (primary N) is 1. The molecule has 2 saturated heterocycles. The number of aromatic nitrogens is 2. The zero-order valence-electron chi connectivity index (χ0n) is 24.8. The van der Waals surface area contributed by atoms with Crippen molar-refractivity contribution in [3.8, 4) is 5.75 Å². The molecule has 43 heavy (non-hydrogen) atoms. The topological polar surface area (TPSA) is 145 Å². The van der Waals surface area contributed by atoms with E-state index in [1.165, 1.54) is 36.6 Å². The van der Waals surface area contributed by atoms with Crippen molar-refractivity contribution in [2.45, 2.75) is 55.7 Å². The summed E-state index contributed by atoms with van der Waals surface area (Å²) in [6.07, 6.45) is 9.97. The summed E-state index contributed by atoms with van der Waals surface area (Å²) in [5.41, 5.74) is 6.83. The molecule has 2 aromatic heterocycles. The first-order valence-electron chi connectivity index (χ1n) is 14.6. The highest BCUT2D eigenvalue weighted by molar-refractivity contribution is 7.92. The number of benzene rings is 1. The van der Waals surface area contributed by atoms with Crippen molar-refractivity contribution < 1.29 is 27.5 Å². The van der Waals surface area contributed by atoms with Crippen LogP contribution in [0.4, 0.5) is 10.9 Å². The summed E-state index contributed by atoms with van der Waals surface area (Å²) in [5, 5.41) is 2.55. The van der Waals surface area contributed by atoms with Crippen LogP contribution in [0.25, 0.3) is 10.8 Å². The van der Waals surface area contributed by atoms with Gasteiger partial charge in [0.15, 0.2) is 15.0 Å². The highest BCUT2D eigenvalue weighted by atomic mass is 32.2. The number of methoxy groups -OCH3 is 1. The number of likely N-dealkylation sites (tertiary alicyclic amines) is 1. The second-order valence-corrected chi connectivity index (χ2v) is 14.8. The molecular weight excluding hydrogens is 590 g/mol. The van der Waals surface area contributed by atoms with Gasteiger partial charge in [0, 0.05) is 49.8 Å². The molecule has 0 radical (unpaired) electrons. The fraction of sp³-hybridized carbons (Fsp3) is 0.533. The number of hydrogen-bond acceptors (Lipinski definition) is 11. The van der Waals surface area contributed by atoms with Gasteiger partial charge in [-0.2, -0.15) is 0 Å². The van der Waals surface area contributed by atoms with Crippen LogP contribution in [0.1, 0.15) is 44.6 Å². The van der Waals surface area contributed by atoms with Crippen molar-refractivity contribution in [2.24, 2.45) is 11.8 Å². The molecular formula is C30H39N5O6S2. The van der Waals surface area contributed by atoms with Crippen molar-refractivity contribution in [2.75, 3.05) is 50.2 Å². The second kappa shape index (κ2) is 13.0. The molecule has 13 heteroatoms. The lowest BCUT2D eigenvalue weighted by atomic mass is 10.00. The molecule has 1 saturated carbocycles. The molecule has 11 nitrogen and oxygen atoms in total. The van der Waals surface area contributed by atoms with Crippen LogP contribution >= 0.6 is 11.3 Å². The van der Waals surface area contributed by atoms with Crippen LogP contribution in [0, 0.1) is 11.8 Å². The molecule has 3 fully saturated rings. The normalized spacial score (nSPS) is 19.3. The number of amides is 1. The summed E-state index contributed by atoms with van der Waals surface area (Å²) < 4.78 is 33.9. The number of pyridine rings is 1. The van der Waals surface area contributed by atoms with Gasteiger partial charge in [0.25, 0.3) is 0 Å². The number of ether oxygens (including phenoxy) is 2. The number of anilines is 2. The minimum atomic E-state index is -3.08. The third-order valence-corrected chi connectivity index (χ3v) is 11.0. The van der Waals surface area contributed by atoms with Crippen molar-refractivity contribution >= 4 is 54.8 Å². The first-order valence-corrected chi connectivity index (χ1v) is 17.3. The Hall–Kier alpha value is -3.45. The van der Waals surface area contributed by atoms with E-state index in [0.717, 1.165) is 53.8 Å². The Bertz CT molecular complexity index is 1580. The zero-order valence-corrected chi connectivity index (χ0v) is 26.5. The highest BCUT2D eigenvalue weighted by Crippen LogP contribution is 2.33. The highest BCUT2D eigenvalue weighted by Gasteiger charge is 2.39. The van der Waals surface area contributed by atoms with Crippen LogP contribution in [0.3, 0.4) is 0 Å². The number of fused-ring (bicyclic) bond motifs is 1. The van der Waals surface area contributed by atoms with Gasteiger partial charge in [-0.1, -0.05) is 18.3 Å². The van der Waals surface area contributed by atoms with Gasteiger partial charge in [-0.15, -0.1) is 0 Å². The number of esters is 1. The van der Waals surface area contributed by atoms with Crippen molar-refractivity contribution in [1.29, 1.82) is 0 Å². The first-order chi connectivity index (χ1) is 20.5. The van der Waals surface area contributed by atoms with Crippen molar-refractivity contribution in [3.63, 3.8) is 0 Å². The molecule has 2 N–H and O–H groups in total. The van der Waals surface area contributed by atoms with Gasteiger partial charge in [0.2, 0.25) is 5.91 Å². The number of sulfone groups is 1. The summed E-state index contributed by atoms with van der Waals surface area (Å²) in [6.45, 7) is 4.90. The fourth-order valence-corrected chi connectivity index (χ4v) is 7.14. The number of carbonyl (C=O) groups is 2. The maximum atomic E-state index is 12.9. The van der Waals surface area contributed by atoms with Crippen LogP contribution in [0.15, 0.2) is 34.8 Å².